The Balaban J connectivity index is 1.77. The molecule has 0 N–H and O–H groups in total. The van der Waals surface area contributed by atoms with Crippen LogP contribution < -0.4 is 0 Å². The number of rotatable bonds is 6. The maximum atomic E-state index is 14.6. The number of aryl methyl sites for hydroxylation is 1. The summed E-state index contributed by atoms with van der Waals surface area (Å²) in [6.07, 6.45) is 5.32. The molecule has 26 heavy (non-hydrogen) atoms. The second kappa shape index (κ2) is 8.08. The van der Waals surface area contributed by atoms with Gasteiger partial charge in [-0.3, -0.25) is 0 Å². The molecule has 0 aliphatic heterocycles. The molecule has 1 aromatic heterocycles. The van der Waals surface area contributed by atoms with Gasteiger partial charge in [-0.1, -0.05) is 47.6 Å². The van der Waals surface area contributed by atoms with E-state index in [1.165, 1.54) is 0 Å². The van der Waals surface area contributed by atoms with Crippen molar-refractivity contribution < 1.29 is 8.91 Å². The first kappa shape index (κ1) is 19.4. The molecule has 2 aromatic carbocycles. The van der Waals surface area contributed by atoms with Crippen molar-refractivity contribution in [1.29, 1.82) is 0 Å². The Morgan fingerprint density at radius 2 is 1.88 bits per heavy atom. The predicted octanol–water partition coefficient (Wildman–Crippen LogP) is 5.98. The highest BCUT2D eigenvalue weighted by Gasteiger charge is 2.19. The number of nitrogens with zero attached hydrogens (tertiary/aromatic N) is 2. The Hall–Kier alpha value is -1.41. The first-order valence-electron chi connectivity index (χ1n) is 8.41. The molecule has 0 aliphatic rings. The highest BCUT2D eigenvalue weighted by molar-refractivity contribution is 14.2. The number of aromatic nitrogens is 2. The summed E-state index contributed by atoms with van der Waals surface area (Å²) in [6.45, 7) is 1.96. The highest BCUT2D eigenvalue weighted by Crippen LogP contribution is 2.48. The molecule has 0 amide bonds. The molecule has 1 heterocycles. The zero-order valence-corrected chi connectivity index (χ0v) is 18.1. The molecule has 1 atom stereocenters. The summed E-state index contributed by atoms with van der Waals surface area (Å²) in [7, 11) is -0.623. The monoisotopic (exact) mass is 484 g/mol. The Labute approximate surface area is 167 Å². The van der Waals surface area contributed by atoms with Gasteiger partial charge in [0.2, 0.25) is 5.89 Å². The topological polar surface area (TPSA) is 38.9 Å². The van der Waals surface area contributed by atoms with Crippen LogP contribution in [-0.2, 0) is 6.42 Å². The van der Waals surface area contributed by atoms with Crippen LogP contribution in [0.3, 0.4) is 0 Å². The molecule has 0 bridgehead atoms. The van der Waals surface area contributed by atoms with E-state index in [1.807, 2.05) is 49.4 Å². The summed E-state index contributed by atoms with van der Waals surface area (Å²) in [5, 5.41) is 4.08. The summed E-state index contributed by atoms with van der Waals surface area (Å²) in [6, 6.07) is 14.9. The van der Waals surface area contributed by atoms with Crippen molar-refractivity contribution in [2.45, 2.75) is 19.3 Å². The molecule has 0 spiro atoms. The van der Waals surface area contributed by atoms with Gasteiger partial charge in [0, 0.05) is 12.0 Å². The average molecular weight is 484 g/mol. The fourth-order valence-corrected chi connectivity index (χ4v) is 4.00. The van der Waals surface area contributed by atoms with E-state index < -0.39 is 7.20 Å². The van der Waals surface area contributed by atoms with Crippen molar-refractivity contribution in [2.24, 2.45) is 0 Å². The summed E-state index contributed by atoms with van der Waals surface area (Å²) in [5.41, 5.74) is 2.30. The minimum absolute atomic E-state index is 0.143. The standard InChI is InChI=1S/C20H22FIN2OS/c1-14(20-23-19(24-25-20)11-12-26(2,3)22)16-9-10-17(18(21)13-16)15-7-5-4-6-8-15/h4-10,13-14H,11-12H2,1-3H3. The van der Waals surface area contributed by atoms with Gasteiger partial charge in [-0.2, -0.15) is 12.2 Å². The van der Waals surface area contributed by atoms with Crippen molar-refractivity contribution in [2.75, 3.05) is 18.3 Å². The van der Waals surface area contributed by atoms with Crippen molar-refractivity contribution >= 4 is 28.4 Å². The molecule has 3 rings (SSSR count). The average Bonchev–Trinajstić information content (AvgIpc) is 3.08. The van der Waals surface area contributed by atoms with E-state index in [4.69, 9.17) is 4.52 Å². The van der Waals surface area contributed by atoms with Crippen LogP contribution in [0, 0.1) is 5.82 Å². The molecule has 6 heteroatoms. The van der Waals surface area contributed by atoms with E-state index in [1.54, 1.807) is 6.07 Å². The highest BCUT2D eigenvalue weighted by atomic mass is 127. The molecular formula is C20H22FIN2OS. The molecule has 0 saturated carbocycles. The molecule has 0 saturated heterocycles. The Morgan fingerprint density at radius 3 is 2.54 bits per heavy atom. The zero-order chi connectivity index (χ0) is 18.7. The van der Waals surface area contributed by atoms with Crippen LogP contribution in [0.2, 0.25) is 0 Å². The SMILES string of the molecule is CC(c1ccc(-c2ccccc2)c(F)c1)c1nc(CCS(C)(C)I)no1. The fraction of sp³-hybridized carbons (Fsp3) is 0.300. The molecular weight excluding hydrogens is 462 g/mol. The van der Waals surface area contributed by atoms with Crippen molar-refractivity contribution in [3.05, 3.63) is 71.6 Å². The number of halogens is 2. The summed E-state index contributed by atoms with van der Waals surface area (Å²) in [4.78, 5) is 4.51. The molecule has 0 fully saturated rings. The Morgan fingerprint density at radius 1 is 1.15 bits per heavy atom. The van der Waals surface area contributed by atoms with Crippen LogP contribution in [0.4, 0.5) is 4.39 Å². The van der Waals surface area contributed by atoms with Crippen LogP contribution in [0.5, 0.6) is 0 Å². The Kier molecular flexibility index (Phi) is 6.02. The summed E-state index contributed by atoms with van der Waals surface area (Å²) >= 11 is 2.50. The quantitative estimate of drug-likeness (QED) is 0.404. The van der Waals surface area contributed by atoms with Crippen molar-refractivity contribution in [1.82, 2.24) is 10.1 Å². The van der Waals surface area contributed by atoms with E-state index in [0.717, 1.165) is 29.1 Å². The van der Waals surface area contributed by atoms with Crippen LogP contribution in [0.1, 0.15) is 30.1 Å². The third-order valence-corrected chi connectivity index (χ3v) is 6.74. The number of hydrogen-bond acceptors (Lipinski definition) is 3. The van der Waals surface area contributed by atoms with Gasteiger partial charge >= 0.3 is 0 Å². The lowest BCUT2D eigenvalue weighted by molar-refractivity contribution is 0.365. The summed E-state index contributed by atoms with van der Waals surface area (Å²) < 4.78 is 20.0. The van der Waals surface area contributed by atoms with Gasteiger partial charge < -0.3 is 4.52 Å². The first-order chi connectivity index (χ1) is 12.3. The van der Waals surface area contributed by atoms with Gasteiger partial charge in [0.1, 0.15) is 5.82 Å². The minimum Gasteiger partial charge on any atom is -0.339 e. The van der Waals surface area contributed by atoms with Gasteiger partial charge in [-0.15, -0.1) is 0 Å². The van der Waals surface area contributed by atoms with Gasteiger partial charge in [-0.05, 0) is 63.6 Å². The molecule has 0 radical (unpaired) electrons. The van der Waals surface area contributed by atoms with Gasteiger partial charge in [0.15, 0.2) is 5.82 Å². The van der Waals surface area contributed by atoms with E-state index in [0.29, 0.717) is 11.5 Å². The fourth-order valence-electron chi connectivity index (χ4n) is 2.67. The zero-order valence-electron chi connectivity index (χ0n) is 15.1. The van der Waals surface area contributed by atoms with E-state index >= 15 is 0 Å². The Bertz CT molecular complexity index is 877. The van der Waals surface area contributed by atoms with E-state index in [9.17, 15) is 4.39 Å². The van der Waals surface area contributed by atoms with E-state index in [2.05, 4.69) is 43.9 Å². The normalized spacial score (nSPS) is 13.6. The molecule has 1 unspecified atom stereocenters. The lowest BCUT2D eigenvalue weighted by Crippen LogP contribution is -2.01. The second-order valence-electron chi connectivity index (χ2n) is 6.73. The van der Waals surface area contributed by atoms with Gasteiger partial charge in [0.05, 0.1) is 5.92 Å². The van der Waals surface area contributed by atoms with Gasteiger partial charge in [-0.25, -0.2) is 4.39 Å². The van der Waals surface area contributed by atoms with Crippen molar-refractivity contribution in [3.63, 3.8) is 0 Å². The second-order valence-corrected chi connectivity index (χ2v) is 17.1. The summed E-state index contributed by atoms with van der Waals surface area (Å²) in [5.74, 6) is 1.94. The minimum atomic E-state index is -0.623. The predicted molar refractivity (Wildman–Crippen MR) is 116 cm³/mol. The van der Waals surface area contributed by atoms with Crippen LogP contribution in [0.15, 0.2) is 53.1 Å². The third kappa shape index (κ3) is 4.85. The number of benzene rings is 2. The largest absolute Gasteiger partial charge is 0.339 e. The maximum absolute atomic E-state index is 14.6. The first-order valence-corrected chi connectivity index (χ1v) is 13.6. The molecule has 3 nitrogen and oxygen atoms in total. The van der Waals surface area contributed by atoms with E-state index in [-0.39, 0.29) is 11.7 Å². The smallest absolute Gasteiger partial charge is 0.233 e. The number of hydrogen-bond donors (Lipinski definition) is 0. The lowest BCUT2D eigenvalue weighted by atomic mass is 9.97. The van der Waals surface area contributed by atoms with Crippen LogP contribution in [0.25, 0.3) is 11.1 Å². The van der Waals surface area contributed by atoms with Crippen LogP contribution in [-0.4, -0.2) is 28.4 Å². The van der Waals surface area contributed by atoms with Gasteiger partial charge in [0.25, 0.3) is 0 Å². The molecule has 0 aliphatic carbocycles. The van der Waals surface area contributed by atoms with Crippen LogP contribution >= 0.6 is 28.4 Å². The van der Waals surface area contributed by atoms with Crippen molar-refractivity contribution in [3.8, 4) is 11.1 Å². The molecule has 138 valence electrons. The molecule has 3 aromatic rings. The maximum Gasteiger partial charge on any atom is 0.233 e. The lowest BCUT2D eigenvalue weighted by Gasteiger charge is -2.20. The third-order valence-electron chi connectivity index (χ3n) is 4.24.